The maximum Gasteiger partial charge on any atom is 0.417 e. The van der Waals surface area contributed by atoms with Crippen molar-refractivity contribution in [1.29, 1.82) is 0 Å². The molecule has 7 heteroatoms. The number of carbonyl (C=O) groups is 1. The molecule has 1 aromatic rings. The molecule has 1 rings (SSSR count). The summed E-state index contributed by atoms with van der Waals surface area (Å²) in [7, 11) is 0. The minimum atomic E-state index is -4.49. The van der Waals surface area contributed by atoms with E-state index in [0.29, 0.717) is 0 Å². The molecule has 0 heterocycles. The highest BCUT2D eigenvalue weighted by atomic mass is 19.4. The van der Waals surface area contributed by atoms with Gasteiger partial charge in [0.2, 0.25) is 6.61 Å². The van der Waals surface area contributed by atoms with Gasteiger partial charge < -0.3 is 9.94 Å². The first kappa shape index (κ1) is 13.0. The summed E-state index contributed by atoms with van der Waals surface area (Å²) in [6.45, 7) is -0.704. The summed E-state index contributed by atoms with van der Waals surface area (Å²) in [5.41, 5.74) is -1.05. The number of aliphatic carboxylic acids is 1. The van der Waals surface area contributed by atoms with Crippen LogP contribution in [0.2, 0.25) is 0 Å². The molecule has 4 nitrogen and oxygen atoms in total. The number of alkyl halides is 3. The fourth-order valence-electron chi connectivity index (χ4n) is 1.05. The highest BCUT2D eigenvalue weighted by Crippen LogP contribution is 2.30. The maximum absolute atomic E-state index is 12.5. The molecule has 1 N–H and O–H groups in total. The van der Waals surface area contributed by atoms with Gasteiger partial charge in [0.25, 0.3) is 0 Å². The van der Waals surface area contributed by atoms with Gasteiger partial charge in [-0.3, -0.25) is 0 Å². The fourth-order valence-corrected chi connectivity index (χ4v) is 1.05. The Morgan fingerprint density at radius 2 is 2.06 bits per heavy atom. The molecular weight excluding hydrogens is 239 g/mol. The third kappa shape index (κ3) is 4.13. The van der Waals surface area contributed by atoms with Crippen LogP contribution in [0, 0.1) is 0 Å². The number of carboxylic acid groups (broad SMARTS) is 1. The lowest BCUT2D eigenvalue weighted by atomic mass is 10.1. The van der Waals surface area contributed by atoms with Crippen LogP contribution in [-0.4, -0.2) is 23.9 Å². The summed E-state index contributed by atoms with van der Waals surface area (Å²) in [4.78, 5) is 14.3. The molecule has 0 radical (unpaired) electrons. The van der Waals surface area contributed by atoms with Crippen LogP contribution >= 0.6 is 0 Å². The minimum absolute atomic E-state index is 0.189. The smallest absolute Gasteiger partial charge is 0.417 e. The van der Waals surface area contributed by atoms with Crippen LogP contribution in [0.4, 0.5) is 13.2 Å². The van der Waals surface area contributed by atoms with Gasteiger partial charge in [-0.15, -0.1) is 0 Å². The lowest BCUT2D eigenvalue weighted by Crippen LogP contribution is -2.09. The van der Waals surface area contributed by atoms with Gasteiger partial charge in [0.05, 0.1) is 11.8 Å². The molecule has 0 unspecified atom stereocenters. The largest absolute Gasteiger partial charge is 0.479 e. The standard InChI is InChI=1S/C10H8F3NO3/c11-10(12,13)8-4-2-1-3-7(8)5-14-17-6-9(15)16/h1-5H,6H2,(H,15,16). The zero-order valence-electron chi connectivity index (χ0n) is 8.44. The van der Waals surface area contributed by atoms with E-state index >= 15 is 0 Å². The van der Waals surface area contributed by atoms with E-state index in [-0.39, 0.29) is 5.56 Å². The first-order chi connectivity index (χ1) is 7.91. The van der Waals surface area contributed by atoms with E-state index < -0.39 is 24.3 Å². The summed E-state index contributed by atoms with van der Waals surface area (Å²) >= 11 is 0. The van der Waals surface area contributed by atoms with Gasteiger partial charge in [0.15, 0.2) is 0 Å². The number of halogens is 3. The molecular formula is C10H8F3NO3. The Bertz CT molecular complexity index is 429. The first-order valence-corrected chi connectivity index (χ1v) is 4.44. The molecule has 0 saturated carbocycles. The maximum atomic E-state index is 12.5. The van der Waals surface area contributed by atoms with Crippen molar-refractivity contribution in [2.24, 2.45) is 5.16 Å². The van der Waals surface area contributed by atoms with Crippen molar-refractivity contribution in [2.45, 2.75) is 6.18 Å². The van der Waals surface area contributed by atoms with Gasteiger partial charge >= 0.3 is 12.1 Å². The molecule has 0 aliphatic heterocycles. The Balaban J connectivity index is 2.81. The number of nitrogens with zero attached hydrogens (tertiary/aromatic N) is 1. The van der Waals surface area contributed by atoms with Crippen molar-refractivity contribution in [3.63, 3.8) is 0 Å². The fraction of sp³-hybridized carbons (Fsp3) is 0.200. The van der Waals surface area contributed by atoms with Crippen LogP contribution in [0.5, 0.6) is 0 Å². The highest BCUT2D eigenvalue weighted by molar-refractivity contribution is 5.81. The van der Waals surface area contributed by atoms with Crippen LogP contribution in [0.1, 0.15) is 11.1 Å². The molecule has 0 amide bonds. The third-order valence-corrected chi connectivity index (χ3v) is 1.72. The molecule has 0 aliphatic carbocycles. The molecule has 0 aromatic heterocycles. The molecule has 17 heavy (non-hydrogen) atoms. The SMILES string of the molecule is O=C(O)CON=Cc1ccccc1C(F)(F)F. The second-order valence-electron chi connectivity index (χ2n) is 2.99. The quantitative estimate of drug-likeness (QED) is 0.655. The molecule has 0 aliphatic rings. The van der Waals surface area contributed by atoms with E-state index in [9.17, 15) is 18.0 Å². The molecule has 0 spiro atoms. The van der Waals surface area contributed by atoms with Gasteiger partial charge in [-0.05, 0) is 6.07 Å². The molecule has 0 saturated heterocycles. The van der Waals surface area contributed by atoms with E-state index in [2.05, 4.69) is 9.99 Å². The number of benzene rings is 1. The van der Waals surface area contributed by atoms with E-state index in [4.69, 9.17) is 5.11 Å². The molecule has 0 fully saturated rings. The second kappa shape index (κ2) is 5.33. The number of carboxylic acids is 1. The number of rotatable bonds is 4. The van der Waals surface area contributed by atoms with Gasteiger partial charge in [0.1, 0.15) is 0 Å². The van der Waals surface area contributed by atoms with Crippen LogP contribution in [0.15, 0.2) is 29.4 Å². The Labute approximate surface area is 94.3 Å². The topological polar surface area (TPSA) is 58.9 Å². The van der Waals surface area contributed by atoms with Gasteiger partial charge in [-0.1, -0.05) is 23.4 Å². The average Bonchev–Trinajstić information content (AvgIpc) is 2.23. The lowest BCUT2D eigenvalue weighted by molar-refractivity contribution is -0.142. The Morgan fingerprint density at radius 1 is 1.41 bits per heavy atom. The van der Waals surface area contributed by atoms with Crippen molar-refractivity contribution in [1.82, 2.24) is 0 Å². The Kier molecular flexibility index (Phi) is 4.08. The van der Waals surface area contributed by atoms with Gasteiger partial charge in [0, 0.05) is 5.56 Å². The van der Waals surface area contributed by atoms with Crippen LogP contribution in [-0.2, 0) is 15.8 Å². The van der Waals surface area contributed by atoms with Crippen molar-refractivity contribution >= 4 is 12.2 Å². The van der Waals surface area contributed by atoms with Crippen molar-refractivity contribution < 1.29 is 27.9 Å². The summed E-state index contributed by atoms with van der Waals surface area (Å²) in [6, 6.07) is 4.76. The van der Waals surface area contributed by atoms with Crippen molar-refractivity contribution in [3.05, 3.63) is 35.4 Å². The first-order valence-electron chi connectivity index (χ1n) is 4.44. The van der Waals surface area contributed by atoms with E-state index in [1.165, 1.54) is 18.2 Å². The zero-order chi connectivity index (χ0) is 12.9. The monoisotopic (exact) mass is 247 g/mol. The van der Waals surface area contributed by atoms with Crippen molar-refractivity contribution in [3.8, 4) is 0 Å². The van der Waals surface area contributed by atoms with Gasteiger partial charge in [-0.25, -0.2) is 4.79 Å². The second-order valence-corrected chi connectivity index (χ2v) is 2.99. The average molecular weight is 247 g/mol. The Morgan fingerprint density at radius 3 is 2.65 bits per heavy atom. The van der Waals surface area contributed by atoms with E-state index in [1.807, 2.05) is 0 Å². The number of hydrogen-bond donors (Lipinski definition) is 1. The van der Waals surface area contributed by atoms with E-state index in [0.717, 1.165) is 12.3 Å². The van der Waals surface area contributed by atoms with Crippen LogP contribution in [0.25, 0.3) is 0 Å². The Hall–Kier alpha value is -2.05. The van der Waals surface area contributed by atoms with Crippen molar-refractivity contribution in [2.75, 3.05) is 6.61 Å². The molecule has 0 bridgehead atoms. The predicted molar refractivity (Wildman–Crippen MR) is 52.6 cm³/mol. The predicted octanol–water partition coefficient (Wildman–Crippen LogP) is 2.14. The zero-order valence-corrected chi connectivity index (χ0v) is 8.44. The molecule has 92 valence electrons. The third-order valence-electron chi connectivity index (χ3n) is 1.72. The van der Waals surface area contributed by atoms with E-state index in [1.54, 1.807) is 0 Å². The molecule has 1 aromatic carbocycles. The lowest BCUT2D eigenvalue weighted by Gasteiger charge is -2.08. The number of hydrogen-bond acceptors (Lipinski definition) is 3. The van der Waals surface area contributed by atoms with Crippen LogP contribution in [0.3, 0.4) is 0 Å². The van der Waals surface area contributed by atoms with Crippen LogP contribution < -0.4 is 0 Å². The normalized spacial score (nSPS) is 11.7. The summed E-state index contributed by atoms with van der Waals surface area (Å²) in [6.07, 6.45) is -3.67. The highest BCUT2D eigenvalue weighted by Gasteiger charge is 2.32. The molecule has 0 atom stereocenters. The van der Waals surface area contributed by atoms with Gasteiger partial charge in [-0.2, -0.15) is 13.2 Å². The minimum Gasteiger partial charge on any atom is -0.479 e. The summed E-state index contributed by atoms with van der Waals surface area (Å²) in [5, 5.41) is 11.4. The summed E-state index contributed by atoms with van der Waals surface area (Å²) < 4.78 is 37.5. The summed E-state index contributed by atoms with van der Waals surface area (Å²) in [5.74, 6) is -1.26. The number of oxime groups is 1.